The lowest BCUT2D eigenvalue weighted by Crippen LogP contribution is -2.38. The molecule has 7 heteroatoms. The van der Waals surface area contributed by atoms with E-state index in [1.54, 1.807) is 29.5 Å². The molecule has 0 bridgehead atoms. The van der Waals surface area contributed by atoms with Gasteiger partial charge in [0.05, 0.1) is 24.6 Å². The minimum atomic E-state index is 0.0687. The van der Waals surface area contributed by atoms with Gasteiger partial charge in [-0.3, -0.25) is 19.4 Å². The maximum absolute atomic E-state index is 12.4. The molecule has 23 heavy (non-hydrogen) atoms. The van der Waals surface area contributed by atoms with Crippen molar-refractivity contribution in [3.8, 4) is 0 Å². The van der Waals surface area contributed by atoms with Crippen LogP contribution in [0.4, 0.5) is 0 Å². The van der Waals surface area contributed by atoms with Crippen molar-refractivity contribution < 1.29 is 9.53 Å². The highest BCUT2D eigenvalue weighted by atomic mass is 16.5. The van der Waals surface area contributed by atoms with Crippen LogP contribution in [0.15, 0.2) is 30.9 Å². The molecule has 122 valence electrons. The van der Waals surface area contributed by atoms with Gasteiger partial charge in [0.1, 0.15) is 6.54 Å². The zero-order valence-electron chi connectivity index (χ0n) is 13.3. The summed E-state index contributed by atoms with van der Waals surface area (Å²) in [6.45, 7) is 4.69. The summed E-state index contributed by atoms with van der Waals surface area (Å²) < 4.78 is 7.30. The van der Waals surface area contributed by atoms with Gasteiger partial charge in [-0.2, -0.15) is 5.10 Å². The summed E-state index contributed by atoms with van der Waals surface area (Å²) >= 11 is 0. The highest BCUT2D eigenvalue weighted by molar-refractivity contribution is 5.75. The third-order valence-corrected chi connectivity index (χ3v) is 3.88. The van der Waals surface area contributed by atoms with Gasteiger partial charge >= 0.3 is 0 Å². The Hall–Kier alpha value is -2.28. The summed E-state index contributed by atoms with van der Waals surface area (Å²) in [5.41, 5.74) is 1.84. The lowest BCUT2D eigenvalue weighted by molar-refractivity contribution is -0.132. The van der Waals surface area contributed by atoms with Crippen LogP contribution >= 0.6 is 0 Å². The summed E-state index contributed by atoms with van der Waals surface area (Å²) in [7, 11) is 0. The third-order valence-electron chi connectivity index (χ3n) is 3.88. The van der Waals surface area contributed by atoms with Gasteiger partial charge in [0.2, 0.25) is 5.91 Å². The van der Waals surface area contributed by atoms with Crippen molar-refractivity contribution in [2.24, 2.45) is 5.92 Å². The van der Waals surface area contributed by atoms with Crippen molar-refractivity contribution in [2.75, 3.05) is 26.3 Å². The lowest BCUT2D eigenvalue weighted by Gasteiger charge is -2.23. The number of hydrogen-bond donors (Lipinski definition) is 0. The molecule has 1 aliphatic heterocycles. The summed E-state index contributed by atoms with van der Waals surface area (Å²) in [5, 5.41) is 4.09. The van der Waals surface area contributed by atoms with E-state index in [0.29, 0.717) is 26.3 Å². The number of rotatable bonds is 4. The van der Waals surface area contributed by atoms with Crippen molar-refractivity contribution in [1.82, 2.24) is 24.6 Å². The molecular weight excluding hydrogens is 294 g/mol. The zero-order valence-corrected chi connectivity index (χ0v) is 13.3. The van der Waals surface area contributed by atoms with E-state index in [9.17, 15) is 4.79 Å². The van der Waals surface area contributed by atoms with Crippen molar-refractivity contribution in [3.05, 3.63) is 42.2 Å². The van der Waals surface area contributed by atoms with Gasteiger partial charge in [-0.25, -0.2) is 0 Å². The largest absolute Gasteiger partial charge is 0.379 e. The predicted octanol–water partition coefficient (Wildman–Crippen LogP) is 0.699. The molecule has 0 radical (unpaired) electrons. The molecule has 0 aliphatic carbocycles. The second-order valence-electron chi connectivity index (χ2n) is 5.84. The number of nitrogens with zero attached hydrogens (tertiary/aromatic N) is 5. The van der Waals surface area contributed by atoms with Crippen molar-refractivity contribution in [3.63, 3.8) is 0 Å². The summed E-state index contributed by atoms with van der Waals surface area (Å²) in [6.07, 6.45) is 7.81. The molecule has 0 spiro atoms. The fourth-order valence-corrected chi connectivity index (χ4v) is 2.68. The lowest BCUT2D eigenvalue weighted by atomic mass is 10.0. The van der Waals surface area contributed by atoms with Crippen LogP contribution in [0.2, 0.25) is 0 Å². The normalized spacial score (nSPS) is 18.7. The molecule has 7 nitrogen and oxygen atoms in total. The number of amides is 1. The van der Waals surface area contributed by atoms with E-state index in [1.807, 2.05) is 17.9 Å². The fraction of sp³-hybridized carbons (Fsp3) is 0.500. The predicted molar refractivity (Wildman–Crippen MR) is 83.6 cm³/mol. The van der Waals surface area contributed by atoms with Crippen LogP contribution in [0.5, 0.6) is 0 Å². The number of carbonyl (C=O) groups is 1. The average molecular weight is 315 g/mol. The standard InChI is InChI=1S/C16H21N5O2/c1-13-8-18-15(9-17-13)7-14-10-20(5-6-23-12-14)16(22)11-21-4-2-3-19-21/h2-4,8-9,14H,5-7,10-12H2,1H3/t14-/m0/s1. The molecule has 1 amide bonds. The molecule has 1 fully saturated rings. The SMILES string of the molecule is Cc1cnc(C[C@@H]2COCCN(C(=O)Cn3cccn3)C2)cn1. The number of ether oxygens (including phenoxy) is 1. The number of hydrogen-bond acceptors (Lipinski definition) is 5. The highest BCUT2D eigenvalue weighted by Gasteiger charge is 2.23. The molecule has 0 aromatic carbocycles. The van der Waals surface area contributed by atoms with Gasteiger partial charge in [-0.1, -0.05) is 0 Å². The van der Waals surface area contributed by atoms with Crippen LogP contribution in [-0.4, -0.2) is 56.9 Å². The number of aromatic nitrogens is 4. The van der Waals surface area contributed by atoms with Crippen molar-refractivity contribution in [1.29, 1.82) is 0 Å². The Kier molecular flexibility index (Phi) is 4.97. The van der Waals surface area contributed by atoms with Crippen LogP contribution in [0.1, 0.15) is 11.4 Å². The van der Waals surface area contributed by atoms with Crippen molar-refractivity contribution >= 4 is 5.91 Å². The maximum Gasteiger partial charge on any atom is 0.244 e. The summed E-state index contributed by atoms with van der Waals surface area (Å²) in [6, 6.07) is 1.82. The Morgan fingerprint density at radius 2 is 2.30 bits per heavy atom. The molecule has 1 aliphatic rings. The molecular formula is C16H21N5O2. The van der Waals surface area contributed by atoms with Gasteiger partial charge in [0.25, 0.3) is 0 Å². The van der Waals surface area contributed by atoms with Crippen LogP contribution in [0.3, 0.4) is 0 Å². The summed E-state index contributed by atoms with van der Waals surface area (Å²) in [5.74, 6) is 0.301. The third kappa shape index (κ3) is 4.35. The molecule has 2 aromatic rings. The molecule has 1 atom stereocenters. The smallest absolute Gasteiger partial charge is 0.244 e. The summed E-state index contributed by atoms with van der Waals surface area (Å²) in [4.78, 5) is 23.0. The first-order chi connectivity index (χ1) is 11.2. The Bertz CT molecular complexity index is 626. The first-order valence-electron chi connectivity index (χ1n) is 7.81. The van der Waals surface area contributed by atoms with Gasteiger partial charge in [0.15, 0.2) is 0 Å². The molecule has 1 saturated heterocycles. The van der Waals surface area contributed by atoms with E-state index < -0.39 is 0 Å². The molecule has 3 rings (SSSR count). The number of aryl methyl sites for hydroxylation is 1. The molecule has 0 N–H and O–H groups in total. The first-order valence-corrected chi connectivity index (χ1v) is 7.81. The van der Waals surface area contributed by atoms with E-state index in [0.717, 1.165) is 17.8 Å². The molecule has 0 unspecified atom stereocenters. The molecule has 3 heterocycles. The highest BCUT2D eigenvalue weighted by Crippen LogP contribution is 2.13. The topological polar surface area (TPSA) is 73.1 Å². The van der Waals surface area contributed by atoms with Gasteiger partial charge in [-0.15, -0.1) is 0 Å². The zero-order chi connectivity index (χ0) is 16.1. The van der Waals surface area contributed by atoms with E-state index in [-0.39, 0.29) is 18.4 Å². The minimum Gasteiger partial charge on any atom is -0.379 e. The van der Waals surface area contributed by atoms with Crippen LogP contribution in [0, 0.1) is 12.8 Å². The van der Waals surface area contributed by atoms with Gasteiger partial charge in [0, 0.05) is 43.8 Å². The second-order valence-corrected chi connectivity index (χ2v) is 5.84. The van der Waals surface area contributed by atoms with Crippen molar-refractivity contribution in [2.45, 2.75) is 19.9 Å². The van der Waals surface area contributed by atoms with Gasteiger partial charge in [-0.05, 0) is 19.4 Å². The Morgan fingerprint density at radius 1 is 1.39 bits per heavy atom. The van der Waals surface area contributed by atoms with E-state index in [2.05, 4.69) is 15.1 Å². The fourth-order valence-electron chi connectivity index (χ4n) is 2.68. The van der Waals surface area contributed by atoms with Crippen LogP contribution in [-0.2, 0) is 22.5 Å². The quantitative estimate of drug-likeness (QED) is 0.830. The van der Waals surface area contributed by atoms with Gasteiger partial charge < -0.3 is 9.64 Å². The Labute approximate surface area is 135 Å². The number of carbonyl (C=O) groups excluding carboxylic acids is 1. The van der Waals surface area contributed by atoms with E-state index in [4.69, 9.17) is 4.74 Å². The molecule has 0 saturated carbocycles. The minimum absolute atomic E-state index is 0.0687. The Morgan fingerprint density at radius 3 is 3.04 bits per heavy atom. The van der Waals surface area contributed by atoms with E-state index >= 15 is 0 Å². The first kappa shape index (κ1) is 15.6. The Balaban J connectivity index is 1.61. The van der Waals surface area contributed by atoms with Crippen LogP contribution < -0.4 is 0 Å². The van der Waals surface area contributed by atoms with Crippen LogP contribution in [0.25, 0.3) is 0 Å². The van der Waals surface area contributed by atoms with E-state index in [1.165, 1.54) is 0 Å². The second kappa shape index (κ2) is 7.32. The average Bonchev–Trinajstić information content (AvgIpc) is 2.94. The monoisotopic (exact) mass is 315 g/mol. The maximum atomic E-state index is 12.4. The molecule has 2 aromatic heterocycles.